The summed E-state index contributed by atoms with van der Waals surface area (Å²) in [6.45, 7) is 5.20. The summed E-state index contributed by atoms with van der Waals surface area (Å²) in [5.74, 6) is 0. The van der Waals surface area contributed by atoms with Crippen molar-refractivity contribution < 1.29 is 9.47 Å². The lowest BCUT2D eigenvalue weighted by Crippen LogP contribution is -2.22. The van der Waals surface area contributed by atoms with Crippen LogP contribution in [0.15, 0.2) is 6.20 Å². The molecule has 1 saturated heterocycles. The van der Waals surface area contributed by atoms with Crippen molar-refractivity contribution in [2.45, 2.75) is 46.0 Å². The molecular formula is C13H18ClNO2. The fourth-order valence-corrected chi connectivity index (χ4v) is 2.07. The summed E-state index contributed by atoms with van der Waals surface area (Å²) in [4.78, 5) is 4.36. The molecule has 1 unspecified atom stereocenters. The Morgan fingerprint density at radius 3 is 3.00 bits per heavy atom. The first-order chi connectivity index (χ1) is 8.18. The Kier molecular flexibility index (Phi) is 4.37. The molecule has 2 rings (SSSR count). The molecule has 17 heavy (non-hydrogen) atoms. The fraction of sp³-hybridized carbons (Fsp3) is 0.615. The van der Waals surface area contributed by atoms with Gasteiger partial charge in [-0.3, -0.25) is 4.98 Å². The van der Waals surface area contributed by atoms with E-state index in [-0.39, 0.29) is 6.29 Å². The van der Waals surface area contributed by atoms with Gasteiger partial charge in [0.1, 0.15) is 0 Å². The molecular weight excluding hydrogens is 238 g/mol. The third kappa shape index (κ3) is 3.18. The van der Waals surface area contributed by atoms with Crippen molar-refractivity contribution in [2.75, 3.05) is 6.61 Å². The van der Waals surface area contributed by atoms with Gasteiger partial charge < -0.3 is 9.47 Å². The maximum Gasteiger partial charge on any atom is 0.158 e. The summed E-state index contributed by atoms with van der Waals surface area (Å²) in [5, 5.41) is 0.781. The van der Waals surface area contributed by atoms with Crippen molar-refractivity contribution in [3.05, 3.63) is 28.0 Å². The molecule has 0 aliphatic carbocycles. The number of aromatic nitrogens is 1. The third-order valence-corrected chi connectivity index (χ3v) is 3.65. The van der Waals surface area contributed by atoms with E-state index in [1.54, 1.807) is 6.20 Å². The van der Waals surface area contributed by atoms with Crippen LogP contribution >= 0.6 is 11.6 Å². The molecule has 0 saturated carbocycles. The smallest absolute Gasteiger partial charge is 0.158 e. The van der Waals surface area contributed by atoms with Crippen LogP contribution in [0.3, 0.4) is 0 Å². The van der Waals surface area contributed by atoms with Gasteiger partial charge in [0.2, 0.25) is 0 Å². The monoisotopic (exact) mass is 255 g/mol. The van der Waals surface area contributed by atoms with Crippen LogP contribution in [-0.2, 0) is 16.1 Å². The topological polar surface area (TPSA) is 31.4 Å². The highest BCUT2D eigenvalue weighted by molar-refractivity contribution is 6.32. The Morgan fingerprint density at radius 2 is 2.29 bits per heavy atom. The zero-order valence-corrected chi connectivity index (χ0v) is 11.1. The molecule has 4 heteroatoms. The molecule has 0 aromatic carbocycles. The highest BCUT2D eigenvalue weighted by Crippen LogP contribution is 2.23. The average Bonchev–Trinajstić information content (AvgIpc) is 2.36. The van der Waals surface area contributed by atoms with Crippen LogP contribution in [0.5, 0.6) is 0 Å². The molecule has 0 radical (unpaired) electrons. The van der Waals surface area contributed by atoms with E-state index in [4.69, 9.17) is 21.1 Å². The van der Waals surface area contributed by atoms with Gasteiger partial charge >= 0.3 is 0 Å². The van der Waals surface area contributed by atoms with Crippen LogP contribution < -0.4 is 0 Å². The molecule has 1 aliphatic rings. The first kappa shape index (κ1) is 12.8. The summed E-state index contributed by atoms with van der Waals surface area (Å²) >= 11 is 6.18. The van der Waals surface area contributed by atoms with Gasteiger partial charge in [-0.15, -0.1) is 0 Å². The van der Waals surface area contributed by atoms with E-state index >= 15 is 0 Å². The van der Waals surface area contributed by atoms with Crippen molar-refractivity contribution in [1.29, 1.82) is 0 Å². The Bertz CT molecular complexity index is 389. The van der Waals surface area contributed by atoms with E-state index in [1.165, 1.54) is 6.42 Å². The van der Waals surface area contributed by atoms with Crippen LogP contribution in [-0.4, -0.2) is 17.9 Å². The quantitative estimate of drug-likeness (QED) is 0.830. The van der Waals surface area contributed by atoms with E-state index in [0.717, 1.165) is 41.3 Å². The lowest BCUT2D eigenvalue weighted by atomic mass is 10.1. The number of hydrogen-bond acceptors (Lipinski definition) is 3. The Morgan fingerprint density at radius 1 is 1.47 bits per heavy atom. The first-order valence-electron chi connectivity index (χ1n) is 6.02. The van der Waals surface area contributed by atoms with Crippen LogP contribution in [0.4, 0.5) is 0 Å². The summed E-state index contributed by atoms with van der Waals surface area (Å²) in [7, 11) is 0. The Balaban J connectivity index is 1.96. The van der Waals surface area contributed by atoms with Gasteiger partial charge in [-0.25, -0.2) is 0 Å². The summed E-state index contributed by atoms with van der Waals surface area (Å²) in [6, 6.07) is 0. The van der Waals surface area contributed by atoms with E-state index < -0.39 is 0 Å². The lowest BCUT2D eigenvalue weighted by Gasteiger charge is -2.22. The molecule has 0 bridgehead atoms. The minimum absolute atomic E-state index is 0.0787. The minimum atomic E-state index is -0.0787. The second kappa shape index (κ2) is 5.80. The number of rotatable bonds is 3. The zero-order valence-electron chi connectivity index (χ0n) is 10.3. The SMILES string of the molecule is Cc1cnc(COC2CCCCO2)c(C)c1Cl. The van der Waals surface area contributed by atoms with E-state index in [2.05, 4.69) is 4.98 Å². The third-order valence-electron chi connectivity index (χ3n) is 3.07. The van der Waals surface area contributed by atoms with Crippen molar-refractivity contribution in [2.24, 2.45) is 0 Å². The number of hydrogen-bond donors (Lipinski definition) is 0. The Labute approximate surface area is 107 Å². The first-order valence-corrected chi connectivity index (χ1v) is 6.40. The molecule has 1 aromatic heterocycles. The molecule has 1 aliphatic heterocycles. The number of halogens is 1. The van der Waals surface area contributed by atoms with Gasteiger partial charge in [-0.05, 0) is 44.2 Å². The molecule has 0 spiro atoms. The average molecular weight is 256 g/mol. The number of nitrogens with zero attached hydrogens (tertiary/aromatic N) is 1. The van der Waals surface area contributed by atoms with Gasteiger partial charge in [-0.2, -0.15) is 0 Å². The molecule has 2 heterocycles. The van der Waals surface area contributed by atoms with E-state index in [0.29, 0.717) is 6.61 Å². The van der Waals surface area contributed by atoms with E-state index in [1.807, 2.05) is 13.8 Å². The maximum absolute atomic E-state index is 6.18. The van der Waals surface area contributed by atoms with Gasteiger partial charge in [0, 0.05) is 17.8 Å². The standard InChI is InChI=1S/C13H18ClNO2/c1-9-7-15-11(10(2)13(9)14)8-17-12-5-3-4-6-16-12/h7,12H,3-6,8H2,1-2H3. The summed E-state index contributed by atoms with van der Waals surface area (Å²) < 4.78 is 11.2. The molecule has 0 N–H and O–H groups in total. The second-order valence-electron chi connectivity index (χ2n) is 4.43. The molecule has 94 valence electrons. The molecule has 1 aromatic rings. The van der Waals surface area contributed by atoms with Crippen molar-refractivity contribution >= 4 is 11.6 Å². The minimum Gasteiger partial charge on any atom is -0.353 e. The molecule has 0 amide bonds. The van der Waals surface area contributed by atoms with Crippen molar-refractivity contribution in [3.8, 4) is 0 Å². The van der Waals surface area contributed by atoms with Gasteiger partial charge in [0.25, 0.3) is 0 Å². The largest absolute Gasteiger partial charge is 0.353 e. The van der Waals surface area contributed by atoms with Gasteiger partial charge in [0.05, 0.1) is 12.3 Å². The van der Waals surface area contributed by atoms with Crippen molar-refractivity contribution in [3.63, 3.8) is 0 Å². The van der Waals surface area contributed by atoms with Crippen LogP contribution in [0, 0.1) is 13.8 Å². The predicted molar refractivity (Wildman–Crippen MR) is 67.1 cm³/mol. The zero-order chi connectivity index (χ0) is 12.3. The molecule has 3 nitrogen and oxygen atoms in total. The number of ether oxygens (including phenoxy) is 2. The highest BCUT2D eigenvalue weighted by Gasteiger charge is 2.15. The fourth-order valence-electron chi connectivity index (χ4n) is 1.91. The second-order valence-corrected chi connectivity index (χ2v) is 4.81. The van der Waals surface area contributed by atoms with Crippen LogP contribution in [0.1, 0.15) is 36.1 Å². The predicted octanol–water partition coefficient (Wildman–Crippen LogP) is 3.40. The summed E-state index contributed by atoms with van der Waals surface area (Å²) in [5.41, 5.74) is 2.90. The Hall–Kier alpha value is -0.640. The van der Waals surface area contributed by atoms with Crippen LogP contribution in [0.25, 0.3) is 0 Å². The van der Waals surface area contributed by atoms with E-state index in [9.17, 15) is 0 Å². The molecule has 1 fully saturated rings. The van der Waals surface area contributed by atoms with Gasteiger partial charge in [-0.1, -0.05) is 11.6 Å². The summed E-state index contributed by atoms with van der Waals surface area (Å²) in [6.07, 6.45) is 4.98. The highest BCUT2D eigenvalue weighted by atomic mass is 35.5. The van der Waals surface area contributed by atoms with Crippen LogP contribution in [0.2, 0.25) is 5.02 Å². The normalized spacial score (nSPS) is 20.5. The lowest BCUT2D eigenvalue weighted by molar-refractivity contribution is -0.169. The maximum atomic E-state index is 6.18. The molecule has 1 atom stereocenters. The number of pyridine rings is 1. The van der Waals surface area contributed by atoms with Gasteiger partial charge in [0.15, 0.2) is 6.29 Å². The van der Waals surface area contributed by atoms with Crippen molar-refractivity contribution in [1.82, 2.24) is 4.98 Å². The number of aryl methyl sites for hydroxylation is 1.